The van der Waals surface area contributed by atoms with Crippen molar-refractivity contribution in [3.8, 4) is 5.75 Å². The zero-order valence-corrected chi connectivity index (χ0v) is 13.3. The molecule has 0 aliphatic carbocycles. The molecular weight excluding hydrogens is 336 g/mol. The molecule has 8 nitrogen and oxygen atoms in total. The minimum Gasteiger partial charge on any atom is -0.497 e. The van der Waals surface area contributed by atoms with Crippen LogP contribution in [0.3, 0.4) is 0 Å². The van der Waals surface area contributed by atoms with E-state index in [9.17, 15) is 18.3 Å². The van der Waals surface area contributed by atoms with E-state index in [4.69, 9.17) is 9.29 Å². The fourth-order valence-electron chi connectivity index (χ4n) is 1.92. The third-order valence-electron chi connectivity index (χ3n) is 3.04. The first-order valence-corrected chi connectivity index (χ1v) is 8.04. The first-order chi connectivity index (χ1) is 11.3. The number of carbonyl (C=O) groups is 1. The Bertz CT molecular complexity index is 893. The molecule has 0 unspecified atom stereocenters. The van der Waals surface area contributed by atoms with Gasteiger partial charge in [-0.15, -0.1) is 0 Å². The zero-order chi connectivity index (χ0) is 17.7. The average Bonchev–Trinajstić information content (AvgIpc) is 2.54. The number of rotatable bonds is 6. The summed E-state index contributed by atoms with van der Waals surface area (Å²) in [6.07, 6.45) is 1.17. The summed E-state index contributed by atoms with van der Waals surface area (Å²) in [4.78, 5) is 10.9. The molecule has 0 aliphatic rings. The maximum Gasteiger partial charge on any atom is 0.338 e. The first-order valence-electron chi connectivity index (χ1n) is 6.60. The molecule has 0 saturated heterocycles. The number of methoxy groups -OCH3 is 1. The lowest BCUT2D eigenvalue weighted by molar-refractivity contribution is 0.0697. The molecule has 0 aromatic heterocycles. The van der Waals surface area contributed by atoms with Crippen molar-refractivity contribution in [1.82, 2.24) is 0 Å². The normalized spacial score (nSPS) is 11.4. The molecule has 24 heavy (non-hydrogen) atoms. The third-order valence-corrected chi connectivity index (χ3v) is 3.97. The number of hydrogen-bond acceptors (Lipinski definition) is 6. The van der Waals surface area contributed by atoms with Crippen molar-refractivity contribution in [2.45, 2.75) is 4.90 Å². The smallest absolute Gasteiger partial charge is 0.338 e. The highest BCUT2D eigenvalue weighted by Crippen LogP contribution is 2.22. The second-order valence-electron chi connectivity index (χ2n) is 4.60. The van der Waals surface area contributed by atoms with Gasteiger partial charge in [0, 0.05) is 5.56 Å². The lowest BCUT2D eigenvalue weighted by Crippen LogP contribution is -2.05. The van der Waals surface area contributed by atoms with Gasteiger partial charge < -0.3 is 9.84 Å². The Hall–Kier alpha value is -2.91. The van der Waals surface area contributed by atoms with E-state index in [2.05, 4.69) is 10.5 Å². The summed E-state index contributed by atoms with van der Waals surface area (Å²) in [6, 6.07) is 10.1. The molecule has 0 amide bonds. The van der Waals surface area contributed by atoms with Gasteiger partial charge in [-0.3, -0.25) is 9.98 Å². The number of benzene rings is 2. The quantitative estimate of drug-likeness (QED) is 0.414. The van der Waals surface area contributed by atoms with Crippen molar-refractivity contribution in [2.24, 2.45) is 5.10 Å². The standard InChI is InChI=1S/C15H14N2O6S/c1-23-11-6-7-13(12(8-11)15(18)19)17-16-9-10-4-2-3-5-14(10)24(20,21)22/h2-9,17H,1H3,(H,18,19)(H,20,21,22)/b16-9-. The largest absolute Gasteiger partial charge is 0.497 e. The summed E-state index contributed by atoms with van der Waals surface area (Å²) in [5.74, 6) is -0.802. The van der Waals surface area contributed by atoms with Gasteiger partial charge in [0.05, 0.1) is 24.6 Å². The van der Waals surface area contributed by atoms with E-state index in [1.807, 2.05) is 0 Å². The molecule has 9 heteroatoms. The van der Waals surface area contributed by atoms with Crippen LogP contribution in [-0.4, -0.2) is 37.4 Å². The summed E-state index contributed by atoms with van der Waals surface area (Å²) in [5, 5.41) is 13.0. The Balaban J connectivity index is 2.29. The van der Waals surface area contributed by atoms with Crippen LogP contribution in [0, 0.1) is 0 Å². The number of nitrogens with one attached hydrogen (secondary N) is 1. The van der Waals surface area contributed by atoms with Crippen molar-refractivity contribution in [1.29, 1.82) is 0 Å². The van der Waals surface area contributed by atoms with E-state index in [1.54, 1.807) is 12.1 Å². The van der Waals surface area contributed by atoms with Gasteiger partial charge in [0.25, 0.3) is 10.1 Å². The van der Waals surface area contributed by atoms with Crippen LogP contribution in [0.4, 0.5) is 5.69 Å². The summed E-state index contributed by atoms with van der Waals surface area (Å²) >= 11 is 0. The summed E-state index contributed by atoms with van der Waals surface area (Å²) in [6.45, 7) is 0. The molecule has 0 bridgehead atoms. The van der Waals surface area contributed by atoms with E-state index < -0.39 is 16.1 Å². The number of carboxylic acids is 1. The van der Waals surface area contributed by atoms with Crippen LogP contribution in [-0.2, 0) is 10.1 Å². The number of hydrazone groups is 1. The van der Waals surface area contributed by atoms with E-state index in [-0.39, 0.29) is 21.7 Å². The maximum atomic E-state index is 11.3. The van der Waals surface area contributed by atoms with Crippen LogP contribution in [0.15, 0.2) is 52.5 Å². The molecular formula is C15H14N2O6S. The highest BCUT2D eigenvalue weighted by atomic mass is 32.2. The number of nitrogens with zero attached hydrogens (tertiary/aromatic N) is 1. The predicted octanol–water partition coefficient (Wildman–Crippen LogP) is 2.09. The second-order valence-corrected chi connectivity index (χ2v) is 5.99. The van der Waals surface area contributed by atoms with Crippen LogP contribution in [0.25, 0.3) is 0 Å². The molecule has 0 spiro atoms. The van der Waals surface area contributed by atoms with Crippen LogP contribution in [0.1, 0.15) is 15.9 Å². The van der Waals surface area contributed by atoms with Gasteiger partial charge in [-0.2, -0.15) is 13.5 Å². The molecule has 126 valence electrons. The lowest BCUT2D eigenvalue weighted by atomic mass is 10.1. The van der Waals surface area contributed by atoms with Crippen LogP contribution in [0.5, 0.6) is 5.75 Å². The van der Waals surface area contributed by atoms with Crippen molar-refractivity contribution < 1.29 is 27.6 Å². The van der Waals surface area contributed by atoms with E-state index >= 15 is 0 Å². The van der Waals surface area contributed by atoms with Crippen LogP contribution in [0.2, 0.25) is 0 Å². The zero-order valence-electron chi connectivity index (χ0n) is 12.5. The molecule has 0 heterocycles. The minimum atomic E-state index is -4.39. The Morgan fingerprint density at radius 1 is 1.25 bits per heavy atom. The Labute approximate surface area is 138 Å². The average molecular weight is 350 g/mol. The Kier molecular flexibility index (Phi) is 5.17. The van der Waals surface area contributed by atoms with E-state index in [0.29, 0.717) is 5.75 Å². The van der Waals surface area contributed by atoms with E-state index in [0.717, 1.165) is 0 Å². The molecule has 0 atom stereocenters. The topological polar surface area (TPSA) is 125 Å². The highest BCUT2D eigenvalue weighted by Gasteiger charge is 2.14. The maximum absolute atomic E-state index is 11.3. The Morgan fingerprint density at radius 3 is 2.58 bits per heavy atom. The van der Waals surface area contributed by atoms with Gasteiger partial charge in [0.2, 0.25) is 0 Å². The number of carboxylic acid groups (broad SMARTS) is 1. The van der Waals surface area contributed by atoms with Gasteiger partial charge >= 0.3 is 5.97 Å². The number of hydrogen-bond donors (Lipinski definition) is 3. The SMILES string of the molecule is COc1ccc(N/N=C\c2ccccc2S(=O)(=O)O)c(C(=O)O)c1. The number of aromatic carboxylic acids is 1. The molecule has 0 fully saturated rings. The summed E-state index contributed by atoms with van der Waals surface area (Å²) in [5.41, 5.74) is 2.82. The molecule has 0 saturated carbocycles. The molecule has 2 aromatic rings. The van der Waals surface area contributed by atoms with Gasteiger partial charge in [0.1, 0.15) is 10.6 Å². The number of ether oxygens (including phenoxy) is 1. The van der Waals surface area contributed by atoms with Crippen molar-refractivity contribution in [3.63, 3.8) is 0 Å². The van der Waals surface area contributed by atoms with Gasteiger partial charge in [-0.1, -0.05) is 18.2 Å². The van der Waals surface area contributed by atoms with Crippen molar-refractivity contribution in [2.75, 3.05) is 12.5 Å². The third kappa shape index (κ3) is 4.09. The fraction of sp³-hybridized carbons (Fsp3) is 0.0667. The van der Waals surface area contributed by atoms with Gasteiger partial charge in [-0.25, -0.2) is 4.79 Å². The van der Waals surface area contributed by atoms with E-state index in [1.165, 1.54) is 43.7 Å². The van der Waals surface area contributed by atoms with Gasteiger partial charge in [0.15, 0.2) is 0 Å². The van der Waals surface area contributed by atoms with Crippen LogP contribution < -0.4 is 10.2 Å². The molecule has 0 radical (unpaired) electrons. The van der Waals surface area contributed by atoms with Crippen molar-refractivity contribution in [3.05, 3.63) is 53.6 Å². The highest BCUT2D eigenvalue weighted by molar-refractivity contribution is 7.86. The van der Waals surface area contributed by atoms with Crippen LogP contribution >= 0.6 is 0 Å². The summed E-state index contributed by atoms with van der Waals surface area (Å²) in [7, 11) is -2.97. The van der Waals surface area contributed by atoms with Crippen molar-refractivity contribution >= 4 is 28.0 Å². The molecule has 2 aromatic carbocycles. The molecule has 0 aliphatic heterocycles. The monoisotopic (exact) mass is 350 g/mol. The first kappa shape index (κ1) is 17.4. The lowest BCUT2D eigenvalue weighted by Gasteiger charge is -2.07. The second kappa shape index (κ2) is 7.11. The fourth-order valence-corrected chi connectivity index (χ4v) is 2.59. The van der Waals surface area contributed by atoms with Gasteiger partial charge in [-0.05, 0) is 24.3 Å². The Morgan fingerprint density at radius 2 is 1.96 bits per heavy atom. The molecule has 3 N–H and O–H groups in total. The predicted molar refractivity (Wildman–Crippen MR) is 87.4 cm³/mol. The molecule has 2 rings (SSSR count). The summed E-state index contributed by atoms with van der Waals surface area (Å²) < 4.78 is 36.7. The minimum absolute atomic E-state index is 0.0606. The number of anilines is 1.